The van der Waals surface area contributed by atoms with Gasteiger partial charge in [-0.05, 0) is 43.5 Å². The first-order valence-electron chi connectivity index (χ1n) is 5.87. The van der Waals surface area contributed by atoms with E-state index in [-0.39, 0.29) is 11.9 Å². The lowest BCUT2D eigenvalue weighted by molar-refractivity contribution is 0.499. The number of nitrogens with one attached hydrogen (secondary N) is 1. The van der Waals surface area contributed by atoms with Gasteiger partial charge in [-0.15, -0.1) is 6.58 Å². The Morgan fingerprint density at radius 3 is 2.94 bits per heavy atom. The molecule has 0 spiro atoms. The third-order valence-corrected chi connectivity index (χ3v) is 2.55. The molecule has 0 saturated heterocycles. The summed E-state index contributed by atoms with van der Waals surface area (Å²) < 4.78 is 13.1. The molecule has 16 heavy (non-hydrogen) atoms. The molecule has 0 saturated carbocycles. The van der Waals surface area contributed by atoms with Crippen molar-refractivity contribution < 1.29 is 4.39 Å². The molecule has 0 aliphatic carbocycles. The van der Waals surface area contributed by atoms with E-state index in [1.807, 2.05) is 12.1 Å². The van der Waals surface area contributed by atoms with Crippen LogP contribution in [0.2, 0.25) is 0 Å². The van der Waals surface area contributed by atoms with E-state index in [9.17, 15) is 4.39 Å². The average Bonchev–Trinajstić information content (AvgIpc) is 2.29. The summed E-state index contributed by atoms with van der Waals surface area (Å²) >= 11 is 0. The van der Waals surface area contributed by atoms with Gasteiger partial charge in [0.2, 0.25) is 0 Å². The smallest absolute Gasteiger partial charge is 0.123 e. The lowest BCUT2D eigenvalue weighted by atomic mass is 10.0. The molecule has 1 nitrogen and oxygen atoms in total. The Kier molecular flexibility index (Phi) is 5.79. The number of hydrogen-bond donors (Lipinski definition) is 1. The lowest BCUT2D eigenvalue weighted by Crippen LogP contribution is -2.22. The fourth-order valence-corrected chi connectivity index (χ4v) is 1.71. The molecule has 88 valence electrons. The fraction of sp³-hybridized carbons (Fsp3) is 0.429. The van der Waals surface area contributed by atoms with E-state index in [1.54, 1.807) is 12.1 Å². The van der Waals surface area contributed by atoms with Gasteiger partial charge in [-0.25, -0.2) is 4.39 Å². The molecule has 0 aliphatic rings. The summed E-state index contributed by atoms with van der Waals surface area (Å²) in [5, 5.41) is 3.43. The number of hydrogen-bond acceptors (Lipinski definition) is 1. The molecule has 1 N–H and O–H groups in total. The summed E-state index contributed by atoms with van der Waals surface area (Å²) in [6, 6.07) is 7.05. The van der Waals surface area contributed by atoms with Crippen molar-refractivity contribution in [3.63, 3.8) is 0 Å². The molecular weight excluding hydrogens is 201 g/mol. The van der Waals surface area contributed by atoms with Crippen molar-refractivity contribution >= 4 is 0 Å². The van der Waals surface area contributed by atoms with Gasteiger partial charge >= 0.3 is 0 Å². The molecule has 0 radical (unpaired) electrons. The molecule has 0 aromatic heterocycles. The molecule has 1 atom stereocenters. The molecule has 1 rings (SSSR count). The molecule has 0 aliphatic heterocycles. The molecule has 1 aromatic rings. The Balaban J connectivity index is 2.69. The largest absolute Gasteiger partial charge is 0.310 e. The van der Waals surface area contributed by atoms with Crippen LogP contribution in [0.4, 0.5) is 4.39 Å². The lowest BCUT2D eigenvalue weighted by Gasteiger charge is -2.18. The minimum atomic E-state index is -0.167. The third-order valence-electron chi connectivity index (χ3n) is 2.55. The van der Waals surface area contributed by atoms with Crippen LogP contribution in [-0.2, 0) is 0 Å². The zero-order chi connectivity index (χ0) is 11.8. The minimum absolute atomic E-state index is 0.167. The highest BCUT2D eigenvalue weighted by Crippen LogP contribution is 2.19. The number of halogens is 1. The van der Waals surface area contributed by atoms with Crippen LogP contribution in [0, 0.1) is 5.82 Å². The highest BCUT2D eigenvalue weighted by atomic mass is 19.1. The molecule has 0 bridgehead atoms. The van der Waals surface area contributed by atoms with Crippen LogP contribution >= 0.6 is 0 Å². The van der Waals surface area contributed by atoms with Crippen LogP contribution in [-0.4, -0.2) is 6.54 Å². The minimum Gasteiger partial charge on any atom is -0.310 e. The molecular formula is C14H20FN. The molecule has 1 aromatic carbocycles. The average molecular weight is 221 g/mol. The zero-order valence-electron chi connectivity index (χ0n) is 9.88. The first kappa shape index (κ1) is 12.9. The van der Waals surface area contributed by atoms with E-state index >= 15 is 0 Å². The van der Waals surface area contributed by atoms with Crippen LogP contribution < -0.4 is 5.32 Å². The van der Waals surface area contributed by atoms with Gasteiger partial charge in [-0.3, -0.25) is 0 Å². The van der Waals surface area contributed by atoms with Crippen molar-refractivity contribution in [2.24, 2.45) is 0 Å². The first-order chi connectivity index (χ1) is 7.77. The normalized spacial score (nSPS) is 12.4. The van der Waals surface area contributed by atoms with Gasteiger partial charge in [-0.2, -0.15) is 0 Å². The van der Waals surface area contributed by atoms with Gasteiger partial charge in [0, 0.05) is 6.04 Å². The van der Waals surface area contributed by atoms with Crippen LogP contribution in [0.15, 0.2) is 36.9 Å². The van der Waals surface area contributed by atoms with Crippen molar-refractivity contribution in [3.8, 4) is 0 Å². The van der Waals surface area contributed by atoms with Crippen molar-refractivity contribution in [1.29, 1.82) is 0 Å². The van der Waals surface area contributed by atoms with Gasteiger partial charge in [-0.1, -0.05) is 25.1 Å². The van der Waals surface area contributed by atoms with Gasteiger partial charge < -0.3 is 5.32 Å². The molecule has 0 fully saturated rings. The van der Waals surface area contributed by atoms with Crippen LogP contribution in [0.1, 0.15) is 37.8 Å². The summed E-state index contributed by atoms with van der Waals surface area (Å²) in [5.41, 5.74) is 1.02. The predicted octanol–water partition coefficient (Wildman–Crippen LogP) is 3.83. The predicted molar refractivity (Wildman–Crippen MR) is 66.9 cm³/mol. The zero-order valence-corrected chi connectivity index (χ0v) is 9.88. The van der Waals surface area contributed by atoms with E-state index in [1.165, 1.54) is 6.07 Å². The summed E-state index contributed by atoms with van der Waals surface area (Å²) in [4.78, 5) is 0. The summed E-state index contributed by atoms with van der Waals surface area (Å²) in [7, 11) is 0. The van der Waals surface area contributed by atoms with E-state index < -0.39 is 0 Å². The molecule has 2 heteroatoms. The number of benzene rings is 1. The van der Waals surface area contributed by atoms with Gasteiger partial charge in [0.25, 0.3) is 0 Å². The van der Waals surface area contributed by atoms with Gasteiger partial charge in [0.1, 0.15) is 5.82 Å². The number of rotatable bonds is 7. The Labute approximate surface area is 97.4 Å². The molecule has 0 heterocycles. The van der Waals surface area contributed by atoms with Crippen molar-refractivity contribution in [2.45, 2.75) is 32.2 Å². The highest BCUT2D eigenvalue weighted by Gasteiger charge is 2.09. The SMILES string of the molecule is C=CCCC(NCCC)c1cccc(F)c1. The van der Waals surface area contributed by atoms with Crippen molar-refractivity contribution in [3.05, 3.63) is 48.3 Å². The molecule has 0 amide bonds. The van der Waals surface area contributed by atoms with Crippen LogP contribution in [0.5, 0.6) is 0 Å². The van der Waals surface area contributed by atoms with E-state index in [2.05, 4.69) is 18.8 Å². The van der Waals surface area contributed by atoms with Crippen LogP contribution in [0.3, 0.4) is 0 Å². The summed E-state index contributed by atoms with van der Waals surface area (Å²) in [6.07, 6.45) is 4.89. The first-order valence-corrected chi connectivity index (χ1v) is 5.87. The van der Waals surface area contributed by atoms with Gasteiger partial charge in [0.15, 0.2) is 0 Å². The van der Waals surface area contributed by atoms with Crippen molar-refractivity contribution in [1.82, 2.24) is 5.32 Å². The van der Waals surface area contributed by atoms with E-state index in [0.717, 1.165) is 31.4 Å². The Bertz CT molecular complexity index is 322. The Morgan fingerprint density at radius 2 is 2.31 bits per heavy atom. The highest BCUT2D eigenvalue weighted by molar-refractivity contribution is 5.20. The monoisotopic (exact) mass is 221 g/mol. The number of allylic oxidation sites excluding steroid dienone is 1. The second kappa shape index (κ2) is 7.18. The van der Waals surface area contributed by atoms with Crippen molar-refractivity contribution in [2.75, 3.05) is 6.54 Å². The topological polar surface area (TPSA) is 12.0 Å². The Morgan fingerprint density at radius 1 is 1.50 bits per heavy atom. The quantitative estimate of drug-likeness (QED) is 0.690. The fourth-order valence-electron chi connectivity index (χ4n) is 1.71. The van der Waals surface area contributed by atoms with E-state index in [0.29, 0.717) is 0 Å². The maximum atomic E-state index is 13.1. The maximum absolute atomic E-state index is 13.1. The second-order valence-electron chi connectivity index (χ2n) is 3.93. The second-order valence-corrected chi connectivity index (χ2v) is 3.93. The summed E-state index contributed by atoms with van der Waals surface area (Å²) in [5.74, 6) is -0.167. The standard InChI is InChI=1S/C14H20FN/c1-3-5-9-14(16-10-4-2)12-7-6-8-13(15)11-12/h3,6-8,11,14,16H,1,4-5,9-10H2,2H3. The maximum Gasteiger partial charge on any atom is 0.123 e. The Hall–Kier alpha value is -1.15. The van der Waals surface area contributed by atoms with E-state index in [4.69, 9.17) is 0 Å². The third kappa shape index (κ3) is 4.15. The molecule has 1 unspecified atom stereocenters. The van der Waals surface area contributed by atoms with Gasteiger partial charge in [0.05, 0.1) is 0 Å². The summed E-state index contributed by atoms with van der Waals surface area (Å²) in [6.45, 7) is 6.81. The van der Waals surface area contributed by atoms with Crippen LogP contribution in [0.25, 0.3) is 0 Å².